The van der Waals surface area contributed by atoms with E-state index in [-0.39, 0.29) is 28.8 Å². The molecule has 4 N–H and O–H groups in total. The van der Waals surface area contributed by atoms with Gasteiger partial charge in [0.1, 0.15) is 28.9 Å². The number of ketones is 3. The molecule has 64 heavy (non-hydrogen) atoms. The van der Waals surface area contributed by atoms with E-state index in [9.17, 15) is 19.8 Å². The first kappa shape index (κ1) is 48.6. The maximum Gasteiger partial charge on any atom is 0.167 e. The highest BCUT2D eigenvalue weighted by Crippen LogP contribution is 2.48. The van der Waals surface area contributed by atoms with Crippen LogP contribution in [0.25, 0.3) is 0 Å². The summed E-state index contributed by atoms with van der Waals surface area (Å²) in [5, 5.41) is 28.0. The Kier molecular flexibility index (Phi) is 17.0. The lowest BCUT2D eigenvalue weighted by Crippen LogP contribution is -2.56. The van der Waals surface area contributed by atoms with Gasteiger partial charge in [0.25, 0.3) is 0 Å². The Labute approximate surface area is 378 Å². The summed E-state index contributed by atoms with van der Waals surface area (Å²) >= 11 is 0. The molecule has 4 aromatic rings. The molecule has 2 saturated heterocycles. The zero-order chi connectivity index (χ0) is 46.1. The van der Waals surface area contributed by atoms with E-state index in [4.69, 9.17) is 0 Å². The molecule has 0 amide bonds. The van der Waals surface area contributed by atoms with Crippen LogP contribution in [0.4, 0.5) is 8.78 Å². The molecule has 2 aliphatic heterocycles. The number of carbonyl (C=O) groups excluding carboxylic acids is 3. The minimum Gasteiger partial charge on any atom is -0.508 e. The minimum atomic E-state index is -0.817. The number of carbonyl (C=O) groups is 3. The number of phenols is 2. The summed E-state index contributed by atoms with van der Waals surface area (Å²) in [6.45, 7) is 15.9. The quantitative estimate of drug-likeness (QED) is 0.0510. The van der Waals surface area contributed by atoms with Gasteiger partial charge < -0.3 is 30.6 Å². The monoisotopic (exact) mass is 879 g/mol. The Balaban J connectivity index is 1.50. The summed E-state index contributed by atoms with van der Waals surface area (Å²) in [5.74, 6) is -6.33. The van der Waals surface area contributed by atoms with Crippen molar-refractivity contribution < 1.29 is 33.4 Å². The molecule has 9 nitrogen and oxygen atoms in total. The predicted molar refractivity (Wildman–Crippen MR) is 249 cm³/mol. The van der Waals surface area contributed by atoms with Crippen LogP contribution < -0.4 is 10.6 Å². The predicted octanol–water partition coefficient (Wildman–Crippen LogP) is 8.85. The molecule has 0 spiro atoms. The number of nitrogens with one attached hydrogen (secondary N) is 2. The number of halogens is 2. The first-order valence-electron chi connectivity index (χ1n) is 23.3. The van der Waals surface area contributed by atoms with Crippen molar-refractivity contribution in [2.45, 2.75) is 91.1 Å². The summed E-state index contributed by atoms with van der Waals surface area (Å²) in [6.07, 6.45) is 3.39. The Bertz CT molecular complexity index is 2080. The molecule has 0 saturated carbocycles. The van der Waals surface area contributed by atoms with E-state index in [0.29, 0.717) is 84.7 Å². The molecule has 3 unspecified atom stereocenters. The third kappa shape index (κ3) is 11.9. The van der Waals surface area contributed by atoms with Crippen molar-refractivity contribution >= 4 is 17.3 Å². The summed E-state index contributed by atoms with van der Waals surface area (Å²) in [5.41, 5.74) is 2.49. The fourth-order valence-electron chi connectivity index (χ4n) is 10.2. The molecular weight excluding hydrogens is 811 g/mol. The molecule has 0 bridgehead atoms. The van der Waals surface area contributed by atoms with Gasteiger partial charge in [0, 0.05) is 84.9 Å². The standard InChI is InChI=1S/C53H68F2N4O5/c1-33(2)56-23-7-9-25-58-29-43(51(62)37-15-11-17-39(60)27-37)49(41-19-13-21-47(54)35(41)5)45(31-58)53(64)46-32-59(26-10-8-24-57-34(3)4)30-44(52(63)38-16-12-18-40(61)28-38)50(46)42-20-14-22-48(55)36(42)6/h11-22,27-28,33-34,43-46,49-50,56-57,60-61H,7-10,23-26,29-32H2,1-6H3/t43-,44?,45+,46?,49-,50?/m0/s1. The van der Waals surface area contributed by atoms with Gasteiger partial charge >= 0.3 is 0 Å². The van der Waals surface area contributed by atoms with Crippen LogP contribution in [0.5, 0.6) is 11.5 Å². The number of Topliss-reactive ketones (excluding diaryl/α,β-unsaturated/α-hetero) is 3. The lowest BCUT2D eigenvalue weighted by atomic mass is 9.62. The highest BCUT2D eigenvalue weighted by Gasteiger charge is 2.51. The molecule has 11 heteroatoms. The maximum absolute atomic E-state index is 16.3. The van der Waals surface area contributed by atoms with E-state index in [1.165, 1.54) is 36.4 Å². The van der Waals surface area contributed by atoms with Crippen LogP contribution in [0.3, 0.4) is 0 Å². The van der Waals surface area contributed by atoms with Gasteiger partial charge in [-0.1, -0.05) is 76.2 Å². The van der Waals surface area contributed by atoms with Crippen molar-refractivity contribution in [3.05, 3.63) is 130 Å². The van der Waals surface area contributed by atoms with E-state index in [1.807, 2.05) is 12.1 Å². The van der Waals surface area contributed by atoms with Gasteiger partial charge in [-0.15, -0.1) is 0 Å². The van der Waals surface area contributed by atoms with E-state index in [1.54, 1.807) is 50.2 Å². The van der Waals surface area contributed by atoms with Crippen LogP contribution in [0.1, 0.15) is 108 Å². The highest BCUT2D eigenvalue weighted by atomic mass is 19.1. The molecule has 0 aliphatic carbocycles. The lowest BCUT2D eigenvalue weighted by molar-refractivity contribution is -0.133. The first-order valence-corrected chi connectivity index (χ1v) is 23.3. The number of likely N-dealkylation sites (tertiary alicyclic amines) is 2. The highest BCUT2D eigenvalue weighted by molar-refractivity contribution is 6.01. The fraction of sp³-hybridized carbons (Fsp3) is 0.491. The molecule has 0 aromatic heterocycles. The smallest absolute Gasteiger partial charge is 0.167 e. The number of unbranched alkanes of at least 4 members (excludes halogenated alkanes) is 2. The average molecular weight is 879 g/mol. The molecule has 0 radical (unpaired) electrons. The molecule has 6 rings (SSSR count). The van der Waals surface area contributed by atoms with E-state index < -0.39 is 47.1 Å². The second-order valence-corrected chi connectivity index (χ2v) is 18.8. The third-order valence-corrected chi connectivity index (χ3v) is 13.5. The molecule has 2 fully saturated rings. The number of phenolic OH excluding ortho intramolecular Hbond substituents is 2. The number of hydrogen-bond donors (Lipinski definition) is 4. The third-order valence-electron chi connectivity index (χ3n) is 13.5. The Morgan fingerprint density at radius 3 is 1.33 bits per heavy atom. The van der Waals surface area contributed by atoms with Crippen molar-refractivity contribution in [2.24, 2.45) is 23.7 Å². The normalized spacial score (nSPS) is 22.0. The van der Waals surface area contributed by atoms with E-state index in [2.05, 4.69) is 48.1 Å². The van der Waals surface area contributed by atoms with Crippen molar-refractivity contribution in [3.8, 4) is 11.5 Å². The van der Waals surface area contributed by atoms with E-state index >= 15 is 13.6 Å². The topological polar surface area (TPSA) is 122 Å². The largest absolute Gasteiger partial charge is 0.508 e. The summed E-state index contributed by atoms with van der Waals surface area (Å²) < 4.78 is 31.5. The van der Waals surface area contributed by atoms with Crippen LogP contribution in [0.15, 0.2) is 84.9 Å². The van der Waals surface area contributed by atoms with Crippen LogP contribution >= 0.6 is 0 Å². The Hall–Kier alpha value is -4.81. The minimum absolute atomic E-state index is 0.0553. The molecule has 2 aliphatic rings. The van der Waals surface area contributed by atoms with Gasteiger partial charge in [-0.3, -0.25) is 14.4 Å². The van der Waals surface area contributed by atoms with Gasteiger partial charge in [-0.2, -0.15) is 0 Å². The molecular formula is C53H68F2N4O5. The number of nitrogens with zero attached hydrogens (tertiary/aromatic N) is 2. The van der Waals surface area contributed by atoms with Crippen molar-refractivity contribution in [3.63, 3.8) is 0 Å². The summed E-state index contributed by atoms with van der Waals surface area (Å²) in [4.78, 5) is 50.6. The molecule has 4 aromatic carbocycles. The number of rotatable bonds is 20. The van der Waals surface area contributed by atoms with Gasteiger partial charge in [-0.05, 0) is 124 Å². The van der Waals surface area contributed by atoms with Crippen LogP contribution in [-0.4, -0.2) is 102 Å². The van der Waals surface area contributed by atoms with Crippen molar-refractivity contribution in [2.75, 3.05) is 52.4 Å². The maximum atomic E-state index is 16.3. The van der Waals surface area contributed by atoms with Gasteiger partial charge in [0.2, 0.25) is 0 Å². The van der Waals surface area contributed by atoms with Crippen LogP contribution in [-0.2, 0) is 4.79 Å². The van der Waals surface area contributed by atoms with Crippen molar-refractivity contribution in [1.82, 2.24) is 20.4 Å². The lowest BCUT2D eigenvalue weighted by Gasteiger charge is -2.48. The second-order valence-electron chi connectivity index (χ2n) is 18.8. The number of benzene rings is 4. The summed E-state index contributed by atoms with van der Waals surface area (Å²) in [6, 6.07) is 22.8. The summed E-state index contributed by atoms with van der Waals surface area (Å²) in [7, 11) is 0. The zero-order valence-electron chi connectivity index (χ0n) is 38.5. The van der Waals surface area contributed by atoms with Crippen LogP contribution in [0.2, 0.25) is 0 Å². The number of hydrogen-bond acceptors (Lipinski definition) is 9. The SMILES string of the molecule is Cc1c(F)cccc1C1C(C(=O)c2cccc(O)c2)CN(CCCCNC(C)C)CC1C(=O)[C@@H]1CN(CCCCNC(C)C)C[C@H](C(=O)c2cccc(O)c2)[C@@H]1c1cccc(F)c1C. The average Bonchev–Trinajstić information content (AvgIpc) is 3.26. The fourth-order valence-corrected chi connectivity index (χ4v) is 10.2. The van der Waals surface area contributed by atoms with Crippen LogP contribution in [0, 0.1) is 49.2 Å². The number of aromatic hydroxyl groups is 2. The van der Waals surface area contributed by atoms with Gasteiger partial charge in [0.05, 0.1) is 0 Å². The molecule has 344 valence electrons. The van der Waals surface area contributed by atoms with Gasteiger partial charge in [-0.25, -0.2) is 8.78 Å². The van der Waals surface area contributed by atoms with E-state index in [0.717, 1.165) is 38.8 Å². The molecule has 2 heterocycles. The second kappa shape index (κ2) is 22.4. The molecule has 6 atom stereocenters. The first-order chi connectivity index (χ1) is 30.6. The zero-order valence-corrected chi connectivity index (χ0v) is 38.5. The van der Waals surface area contributed by atoms with Gasteiger partial charge in [0.15, 0.2) is 11.6 Å². The Morgan fingerprint density at radius 2 is 0.953 bits per heavy atom. The Morgan fingerprint density at radius 1 is 0.578 bits per heavy atom. The number of piperidine rings is 2. The van der Waals surface area contributed by atoms with Crippen molar-refractivity contribution in [1.29, 1.82) is 0 Å².